The molecule has 0 bridgehead atoms. The van der Waals surface area contributed by atoms with Crippen LogP contribution in [0.3, 0.4) is 0 Å². The summed E-state index contributed by atoms with van der Waals surface area (Å²) >= 11 is 12.5. The van der Waals surface area contributed by atoms with Gasteiger partial charge in [-0.3, -0.25) is 14.9 Å². The maximum absolute atomic E-state index is 13.8. The Balaban J connectivity index is 1.63. The van der Waals surface area contributed by atoms with Crippen molar-refractivity contribution in [2.45, 2.75) is 25.6 Å². The number of ether oxygens (including phenoxy) is 2. The highest BCUT2D eigenvalue weighted by molar-refractivity contribution is 6.32. The summed E-state index contributed by atoms with van der Waals surface area (Å²) in [6.07, 6.45) is 1.42. The van der Waals surface area contributed by atoms with E-state index in [4.69, 9.17) is 37.1 Å². The largest absolute Gasteiger partial charge is 0.495 e. The Morgan fingerprint density at radius 2 is 1.79 bits per heavy atom. The Labute approximate surface area is 251 Å². The molecule has 4 rings (SSSR count). The van der Waals surface area contributed by atoms with Gasteiger partial charge in [-0.05, 0) is 62.4 Å². The van der Waals surface area contributed by atoms with Crippen molar-refractivity contribution in [1.29, 1.82) is 0 Å². The molecular weight excluding hydrogens is 591 g/mol. The molecule has 3 N–H and O–H groups in total. The molecule has 2 heterocycles. The van der Waals surface area contributed by atoms with Gasteiger partial charge in [-0.2, -0.15) is 10.2 Å². The molecule has 1 saturated heterocycles. The van der Waals surface area contributed by atoms with Crippen molar-refractivity contribution >= 4 is 58.8 Å². The molecule has 1 aliphatic rings. The Hall–Kier alpha value is -4.46. The molecule has 0 radical (unpaired) electrons. The molecular formula is C27H28Cl2N6O7. The smallest absolute Gasteiger partial charge is 0.347 e. The van der Waals surface area contributed by atoms with Gasteiger partial charge in [-0.15, -0.1) is 0 Å². The van der Waals surface area contributed by atoms with Gasteiger partial charge in [-0.1, -0.05) is 23.2 Å². The Morgan fingerprint density at radius 3 is 2.38 bits per heavy atom. The number of urea groups is 2. The molecule has 2 aromatic carbocycles. The summed E-state index contributed by atoms with van der Waals surface area (Å²) in [5.74, 6) is 0.525. The number of furan rings is 1. The number of hydrazone groups is 1. The predicted molar refractivity (Wildman–Crippen MR) is 156 cm³/mol. The van der Waals surface area contributed by atoms with Crippen LogP contribution in [0.1, 0.15) is 19.6 Å². The molecule has 15 heteroatoms. The summed E-state index contributed by atoms with van der Waals surface area (Å²) in [5.41, 5.74) is 1.52. The number of hydroxylamine groups is 2. The Kier molecular flexibility index (Phi) is 9.14. The minimum Gasteiger partial charge on any atom is -0.495 e. The molecule has 222 valence electrons. The third kappa shape index (κ3) is 6.22. The second-order valence-electron chi connectivity index (χ2n) is 9.52. The topological polar surface area (TPSA) is 149 Å². The highest BCUT2D eigenvalue weighted by Gasteiger charge is 2.56. The van der Waals surface area contributed by atoms with E-state index in [1.165, 1.54) is 61.9 Å². The number of methoxy groups -OCH3 is 2. The predicted octanol–water partition coefficient (Wildman–Crippen LogP) is 5.02. The molecule has 1 aliphatic heterocycles. The average Bonchev–Trinajstić information content (AvgIpc) is 3.53. The molecule has 1 unspecified atom stereocenters. The van der Waals surface area contributed by atoms with Crippen LogP contribution in [0.25, 0.3) is 0 Å². The third-order valence-corrected chi connectivity index (χ3v) is 7.08. The van der Waals surface area contributed by atoms with Crippen molar-refractivity contribution in [3.63, 3.8) is 0 Å². The standard InChI is InChI=1S/C27H28Cl2N6O7/c1-27(2)24(35(39)25(37)31-16-7-9-21(40-3)19(28)12-16)34(17-8-10-22(41-4)20(29)13-17)26(38)33(27)15-23(36)32-30-14-18-6-5-11-42-18/h5-14,24,39H,15H2,1-4H3,(H,31,37)(H,32,36)/b30-14-. The van der Waals surface area contributed by atoms with E-state index in [1.807, 2.05) is 0 Å². The number of hydrogen-bond donors (Lipinski definition) is 3. The monoisotopic (exact) mass is 618 g/mol. The van der Waals surface area contributed by atoms with E-state index in [0.29, 0.717) is 22.3 Å². The first-order chi connectivity index (χ1) is 20.0. The lowest BCUT2D eigenvalue weighted by molar-refractivity contribution is -0.124. The Bertz CT molecular complexity index is 1500. The second-order valence-corrected chi connectivity index (χ2v) is 10.3. The summed E-state index contributed by atoms with van der Waals surface area (Å²) in [6.45, 7) is 2.74. The van der Waals surface area contributed by atoms with E-state index in [9.17, 15) is 19.6 Å². The summed E-state index contributed by atoms with van der Waals surface area (Å²) in [5, 5.41) is 18.4. The fourth-order valence-electron chi connectivity index (χ4n) is 4.42. The summed E-state index contributed by atoms with van der Waals surface area (Å²) in [7, 11) is 2.89. The van der Waals surface area contributed by atoms with Crippen molar-refractivity contribution in [3.8, 4) is 11.5 Å². The highest BCUT2D eigenvalue weighted by Crippen LogP contribution is 2.40. The van der Waals surface area contributed by atoms with Gasteiger partial charge in [0.15, 0.2) is 6.17 Å². The first-order valence-electron chi connectivity index (χ1n) is 12.4. The minimum atomic E-state index is -1.33. The maximum atomic E-state index is 13.8. The van der Waals surface area contributed by atoms with E-state index >= 15 is 0 Å². The van der Waals surface area contributed by atoms with Gasteiger partial charge in [0.2, 0.25) is 0 Å². The van der Waals surface area contributed by atoms with E-state index in [0.717, 1.165) is 4.90 Å². The van der Waals surface area contributed by atoms with Crippen LogP contribution >= 0.6 is 23.2 Å². The van der Waals surface area contributed by atoms with E-state index in [-0.39, 0.29) is 21.4 Å². The van der Waals surface area contributed by atoms with Gasteiger partial charge in [0.25, 0.3) is 5.91 Å². The van der Waals surface area contributed by atoms with Crippen LogP contribution in [-0.2, 0) is 4.79 Å². The molecule has 1 atom stereocenters. The number of amides is 5. The van der Waals surface area contributed by atoms with Gasteiger partial charge in [0.1, 0.15) is 23.8 Å². The number of carbonyl (C=O) groups is 3. The molecule has 0 spiro atoms. The van der Waals surface area contributed by atoms with E-state index in [1.54, 1.807) is 32.0 Å². The molecule has 3 aromatic rings. The van der Waals surface area contributed by atoms with Crippen LogP contribution in [0.2, 0.25) is 10.0 Å². The summed E-state index contributed by atoms with van der Waals surface area (Å²) in [6, 6.07) is 10.7. The zero-order chi connectivity index (χ0) is 30.6. The number of nitrogens with zero attached hydrogens (tertiary/aromatic N) is 4. The summed E-state index contributed by atoms with van der Waals surface area (Å²) < 4.78 is 15.5. The van der Waals surface area contributed by atoms with Crippen LogP contribution in [0.5, 0.6) is 11.5 Å². The van der Waals surface area contributed by atoms with Gasteiger partial charge < -0.3 is 24.1 Å². The zero-order valence-electron chi connectivity index (χ0n) is 23.0. The lowest BCUT2D eigenvalue weighted by Crippen LogP contribution is -2.58. The van der Waals surface area contributed by atoms with Crippen molar-refractivity contribution in [2.24, 2.45) is 5.10 Å². The third-order valence-electron chi connectivity index (χ3n) is 6.49. The van der Waals surface area contributed by atoms with Crippen LogP contribution in [0.4, 0.5) is 21.0 Å². The van der Waals surface area contributed by atoms with Crippen molar-refractivity contribution < 1.29 is 33.5 Å². The SMILES string of the molecule is COc1ccc(NC(=O)N(O)C2N(c3ccc(OC)c(Cl)c3)C(=O)N(CC(=O)N/N=C\c3ccco3)C2(C)C)cc1Cl. The molecule has 42 heavy (non-hydrogen) atoms. The second kappa shape index (κ2) is 12.6. The zero-order valence-corrected chi connectivity index (χ0v) is 24.5. The first kappa shape index (κ1) is 30.5. The molecule has 0 saturated carbocycles. The molecule has 5 amide bonds. The number of benzene rings is 2. The lowest BCUT2D eigenvalue weighted by atomic mass is 9.99. The number of carbonyl (C=O) groups excluding carboxylic acids is 3. The molecule has 13 nitrogen and oxygen atoms in total. The lowest BCUT2D eigenvalue weighted by Gasteiger charge is -2.38. The highest BCUT2D eigenvalue weighted by atomic mass is 35.5. The van der Waals surface area contributed by atoms with E-state index < -0.39 is 36.2 Å². The van der Waals surface area contributed by atoms with Gasteiger partial charge in [0.05, 0.1) is 42.3 Å². The van der Waals surface area contributed by atoms with Crippen LogP contribution in [0.15, 0.2) is 64.3 Å². The van der Waals surface area contributed by atoms with Gasteiger partial charge >= 0.3 is 12.1 Å². The fourth-order valence-corrected chi connectivity index (χ4v) is 4.93. The normalized spacial score (nSPS) is 16.1. The average molecular weight is 619 g/mol. The number of halogens is 2. The fraction of sp³-hybridized carbons (Fsp3) is 0.259. The molecule has 0 aliphatic carbocycles. The first-order valence-corrected chi connectivity index (χ1v) is 13.2. The Morgan fingerprint density at radius 1 is 1.12 bits per heavy atom. The van der Waals surface area contributed by atoms with Crippen LogP contribution in [0, 0.1) is 0 Å². The van der Waals surface area contributed by atoms with Gasteiger partial charge in [0, 0.05) is 11.4 Å². The van der Waals surface area contributed by atoms with Gasteiger partial charge in [-0.25, -0.2) is 15.0 Å². The number of nitrogens with one attached hydrogen (secondary N) is 2. The van der Waals surface area contributed by atoms with E-state index in [2.05, 4.69) is 15.8 Å². The maximum Gasteiger partial charge on any atom is 0.347 e. The number of anilines is 2. The minimum absolute atomic E-state index is 0.185. The quantitative estimate of drug-likeness (QED) is 0.173. The van der Waals surface area contributed by atoms with Crippen LogP contribution < -0.4 is 25.1 Å². The van der Waals surface area contributed by atoms with Crippen LogP contribution in [-0.4, -0.2) is 71.8 Å². The van der Waals surface area contributed by atoms with Crippen molar-refractivity contribution in [2.75, 3.05) is 31.0 Å². The molecule has 1 aromatic heterocycles. The number of rotatable bonds is 9. The molecule has 1 fully saturated rings. The van der Waals surface area contributed by atoms with Crippen molar-refractivity contribution in [1.82, 2.24) is 15.4 Å². The number of hydrogen-bond acceptors (Lipinski definition) is 8. The van der Waals surface area contributed by atoms with Crippen molar-refractivity contribution in [3.05, 3.63) is 70.6 Å². The summed E-state index contributed by atoms with van der Waals surface area (Å²) in [4.78, 5) is 42.3.